The van der Waals surface area contributed by atoms with E-state index in [2.05, 4.69) is 39.2 Å². The number of rotatable bonds is 6. The predicted molar refractivity (Wildman–Crippen MR) is 165 cm³/mol. The van der Waals surface area contributed by atoms with Gasteiger partial charge in [0.05, 0.1) is 4.47 Å². The number of aromatic nitrogens is 2. The minimum absolute atomic E-state index is 0.0301. The van der Waals surface area contributed by atoms with Crippen LogP contribution in [0.25, 0.3) is 17.0 Å². The molecular weight excluding hydrogens is 627 g/mol. The van der Waals surface area contributed by atoms with Crippen molar-refractivity contribution in [2.75, 3.05) is 57.3 Å². The molecule has 3 saturated heterocycles. The van der Waals surface area contributed by atoms with Crippen molar-refractivity contribution in [2.24, 2.45) is 5.41 Å². The Hall–Kier alpha value is -2.60. The molecule has 12 heteroatoms. The lowest BCUT2D eigenvalue weighted by atomic mass is 9.72. The Morgan fingerprint density at radius 3 is 2.35 bits per heavy atom. The van der Waals surface area contributed by atoms with Crippen LogP contribution in [0.15, 0.2) is 17.1 Å². The minimum atomic E-state index is -4.50. The highest BCUT2D eigenvalue weighted by molar-refractivity contribution is 9.10. The number of likely N-dealkylation sites (tertiary alicyclic amines) is 2. The minimum Gasteiger partial charge on any atom is -0.481 e. The quantitative estimate of drug-likeness (QED) is 0.328. The highest BCUT2D eigenvalue weighted by Gasteiger charge is 2.48. The van der Waals surface area contributed by atoms with Crippen LogP contribution in [0.5, 0.6) is 5.75 Å². The fourth-order valence-corrected chi connectivity index (χ4v) is 6.91. The van der Waals surface area contributed by atoms with Crippen molar-refractivity contribution in [1.29, 1.82) is 0 Å². The molecule has 1 amide bonds. The Labute approximate surface area is 259 Å². The summed E-state index contributed by atoms with van der Waals surface area (Å²) in [6.45, 7) is 15.7. The van der Waals surface area contributed by atoms with E-state index in [4.69, 9.17) is 19.4 Å². The molecule has 8 nitrogen and oxygen atoms in total. The number of carbonyl (C=O) groups excluding carboxylic acids is 1. The third-order valence-corrected chi connectivity index (χ3v) is 9.56. The Balaban J connectivity index is 1.46. The van der Waals surface area contributed by atoms with Crippen molar-refractivity contribution in [2.45, 2.75) is 71.1 Å². The van der Waals surface area contributed by atoms with Crippen LogP contribution in [0, 0.1) is 5.41 Å². The molecule has 1 aromatic heterocycles. The third-order valence-electron chi connectivity index (χ3n) is 8.74. The number of ether oxygens (including phenoxy) is 2. The zero-order valence-corrected chi connectivity index (χ0v) is 27.0. The number of carbonyl (C=O) groups is 1. The van der Waals surface area contributed by atoms with Crippen LogP contribution in [-0.2, 0) is 4.74 Å². The Morgan fingerprint density at radius 1 is 1.14 bits per heavy atom. The summed E-state index contributed by atoms with van der Waals surface area (Å²) in [5, 5.41) is 0.643. The number of amides is 1. The van der Waals surface area contributed by atoms with Gasteiger partial charge in [0.25, 0.3) is 0 Å². The van der Waals surface area contributed by atoms with Gasteiger partial charge in [0.2, 0.25) is 0 Å². The summed E-state index contributed by atoms with van der Waals surface area (Å²) in [6, 6.07) is 1.88. The molecule has 5 rings (SSSR count). The topological polar surface area (TPSA) is 71.0 Å². The SMILES string of the molecule is C=Cc1cc2c(N3CCC4(CC3)CN(C(=O)OC(C)(C)C)C4)nc(C3CCN(CC)CC3)nc2c(OCC(F)(F)F)c1Br. The number of hydrogen-bond acceptors (Lipinski definition) is 7. The van der Waals surface area contributed by atoms with Crippen molar-refractivity contribution in [3.8, 4) is 5.75 Å². The molecule has 0 unspecified atom stereocenters. The first-order chi connectivity index (χ1) is 20.2. The second kappa shape index (κ2) is 12.1. The summed E-state index contributed by atoms with van der Waals surface area (Å²) in [6.07, 6.45) is 0.301. The van der Waals surface area contributed by atoms with Crippen LogP contribution in [0.1, 0.15) is 70.7 Å². The zero-order chi connectivity index (χ0) is 31.2. The molecule has 236 valence electrons. The number of alkyl halides is 3. The first-order valence-corrected chi connectivity index (χ1v) is 15.8. The number of hydrogen-bond donors (Lipinski definition) is 0. The smallest absolute Gasteiger partial charge is 0.422 e. The standard InChI is InChI=1S/C31H41BrF3N5O3/c1-6-20-16-22-24(25(23(20)32)42-19-31(33,34)35)36-26(21-8-12-38(7-2)13-9-21)37-27(22)39-14-10-30(11-15-39)17-40(18-30)28(41)43-29(3,4)5/h6,16,21H,1,7-15,17-19H2,2-5H3. The van der Waals surface area contributed by atoms with E-state index in [0.717, 1.165) is 45.3 Å². The lowest BCUT2D eigenvalue weighted by Gasteiger charge is -2.53. The molecule has 0 radical (unpaired) electrons. The van der Waals surface area contributed by atoms with E-state index in [0.29, 0.717) is 58.8 Å². The Morgan fingerprint density at radius 2 is 1.79 bits per heavy atom. The molecule has 0 N–H and O–H groups in total. The van der Waals surface area contributed by atoms with Gasteiger partial charge in [0.1, 0.15) is 22.8 Å². The van der Waals surface area contributed by atoms with Crippen LogP contribution in [0.2, 0.25) is 0 Å². The van der Waals surface area contributed by atoms with Crippen molar-refractivity contribution in [1.82, 2.24) is 19.8 Å². The molecule has 1 aromatic carbocycles. The molecule has 3 aliphatic rings. The number of benzene rings is 1. The highest BCUT2D eigenvalue weighted by Crippen LogP contribution is 2.45. The van der Waals surface area contributed by atoms with Crippen LogP contribution < -0.4 is 9.64 Å². The van der Waals surface area contributed by atoms with Gasteiger partial charge >= 0.3 is 12.3 Å². The van der Waals surface area contributed by atoms with Crippen LogP contribution in [0.3, 0.4) is 0 Å². The van der Waals surface area contributed by atoms with E-state index in [1.54, 1.807) is 11.0 Å². The summed E-state index contributed by atoms with van der Waals surface area (Å²) in [7, 11) is 0. The van der Waals surface area contributed by atoms with Crippen molar-refractivity contribution >= 4 is 44.8 Å². The summed E-state index contributed by atoms with van der Waals surface area (Å²) >= 11 is 3.47. The molecule has 0 atom stereocenters. The van der Waals surface area contributed by atoms with E-state index in [-0.39, 0.29) is 23.2 Å². The van der Waals surface area contributed by atoms with E-state index in [1.165, 1.54) is 0 Å². The molecule has 2 aromatic rings. The van der Waals surface area contributed by atoms with E-state index >= 15 is 0 Å². The maximum atomic E-state index is 13.3. The fraction of sp³-hybridized carbons (Fsp3) is 0.645. The summed E-state index contributed by atoms with van der Waals surface area (Å²) in [5.74, 6) is 1.52. The molecule has 1 spiro atoms. The van der Waals surface area contributed by atoms with Gasteiger partial charge in [-0.2, -0.15) is 13.2 Å². The monoisotopic (exact) mass is 667 g/mol. The lowest BCUT2D eigenvalue weighted by Crippen LogP contribution is -2.62. The van der Waals surface area contributed by atoms with Gasteiger partial charge in [0, 0.05) is 42.9 Å². The van der Waals surface area contributed by atoms with E-state index in [9.17, 15) is 18.0 Å². The molecule has 3 aliphatic heterocycles. The largest absolute Gasteiger partial charge is 0.481 e. The van der Waals surface area contributed by atoms with Gasteiger partial charge in [0.15, 0.2) is 12.4 Å². The first-order valence-electron chi connectivity index (χ1n) is 15.0. The first kappa shape index (κ1) is 31.8. The molecular formula is C31H41BrF3N5O3. The van der Waals surface area contributed by atoms with Crippen molar-refractivity contribution in [3.05, 3.63) is 28.5 Å². The number of piperidine rings is 2. The maximum Gasteiger partial charge on any atom is 0.422 e. The molecule has 4 heterocycles. The van der Waals surface area contributed by atoms with Crippen LogP contribution in [0.4, 0.5) is 23.8 Å². The maximum absolute atomic E-state index is 13.3. The molecule has 0 saturated carbocycles. The number of halogens is 4. The van der Waals surface area contributed by atoms with Gasteiger partial charge in [-0.15, -0.1) is 0 Å². The van der Waals surface area contributed by atoms with E-state index < -0.39 is 18.4 Å². The molecule has 43 heavy (non-hydrogen) atoms. The molecule has 0 aliphatic carbocycles. The lowest BCUT2D eigenvalue weighted by molar-refractivity contribution is -0.153. The van der Waals surface area contributed by atoms with Crippen molar-refractivity contribution in [3.63, 3.8) is 0 Å². The Kier molecular flexibility index (Phi) is 8.92. The number of fused-ring (bicyclic) bond motifs is 1. The van der Waals surface area contributed by atoms with Gasteiger partial charge in [-0.05, 0) is 93.6 Å². The van der Waals surface area contributed by atoms with E-state index in [1.807, 2.05) is 26.8 Å². The summed E-state index contributed by atoms with van der Waals surface area (Å²) < 4.78 is 51.2. The molecule has 0 bridgehead atoms. The number of anilines is 1. The van der Waals surface area contributed by atoms with Gasteiger partial charge in [-0.3, -0.25) is 0 Å². The predicted octanol–water partition coefficient (Wildman–Crippen LogP) is 7.01. The normalized spacial score (nSPS) is 19.9. The Bertz CT molecular complexity index is 1360. The van der Waals surface area contributed by atoms with Gasteiger partial charge in [-0.25, -0.2) is 14.8 Å². The second-order valence-corrected chi connectivity index (χ2v) is 13.8. The summed E-state index contributed by atoms with van der Waals surface area (Å²) in [5.41, 5.74) is 0.477. The second-order valence-electron chi connectivity index (χ2n) is 13.1. The van der Waals surface area contributed by atoms with Crippen LogP contribution in [-0.4, -0.2) is 90.1 Å². The summed E-state index contributed by atoms with van der Waals surface area (Å²) in [4.78, 5) is 28.9. The van der Waals surface area contributed by atoms with Gasteiger partial charge in [-0.1, -0.05) is 19.6 Å². The highest BCUT2D eigenvalue weighted by atomic mass is 79.9. The number of nitrogens with zero attached hydrogens (tertiary/aromatic N) is 5. The van der Waals surface area contributed by atoms with Crippen LogP contribution >= 0.6 is 15.9 Å². The third kappa shape index (κ3) is 7.05. The van der Waals surface area contributed by atoms with Crippen molar-refractivity contribution < 1.29 is 27.4 Å². The zero-order valence-electron chi connectivity index (χ0n) is 25.4. The average molecular weight is 669 g/mol. The fourth-order valence-electron chi connectivity index (χ4n) is 6.33. The molecule has 3 fully saturated rings. The average Bonchev–Trinajstić information content (AvgIpc) is 2.93. The van der Waals surface area contributed by atoms with Gasteiger partial charge < -0.3 is 24.2 Å².